The number of aromatic amines is 1. The molecule has 0 aromatic carbocycles. The molecule has 2 aliphatic heterocycles. The zero-order valence-electron chi connectivity index (χ0n) is 17.6. The molecule has 3 aromatic heterocycles. The molecule has 0 atom stereocenters. The molecule has 2 aliphatic rings. The van der Waals surface area contributed by atoms with Crippen LogP contribution in [0.4, 0.5) is 0 Å². The second-order valence-electron chi connectivity index (χ2n) is 8.61. The molecule has 5 rings (SSSR count). The second kappa shape index (κ2) is 8.96. The number of H-pyrrole nitrogens is 1. The number of amides is 1. The van der Waals surface area contributed by atoms with Gasteiger partial charge in [0.25, 0.3) is 5.56 Å². The van der Waals surface area contributed by atoms with Crippen molar-refractivity contribution in [2.24, 2.45) is 5.92 Å². The van der Waals surface area contributed by atoms with Gasteiger partial charge in [0.05, 0.1) is 18.2 Å². The number of nitrogens with one attached hydrogen (secondary N) is 1. The number of thiophene rings is 1. The van der Waals surface area contributed by atoms with Gasteiger partial charge in [-0.25, -0.2) is 4.98 Å². The number of rotatable bonds is 4. The van der Waals surface area contributed by atoms with Crippen molar-refractivity contribution in [2.45, 2.75) is 45.1 Å². The Bertz CT molecular complexity index is 1090. The largest absolute Gasteiger partial charge is 0.464 e. The summed E-state index contributed by atoms with van der Waals surface area (Å²) in [6.07, 6.45) is 8.12. The van der Waals surface area contributed by atoms with Gasteiger partial charge in [0.2, 0.25) is 5.91 Å². The lowest BCUT2D eigenvalue weighted by atomic mass is 9.95. The minimum atomic E-state index is -0.126. The van der Waals surface area contributed by atoms with Crippen molar-refractivity contribution in [3.8, 4) is 11.3 Å². The van der Waals surface area contributed by atoms with Gasteiger partial charge in [-0.05, 0) is 50.9 Å². The van der Waals surface area contributed by atoms with Crippen LogP contribution in [-0.4, -0.2) is 51.9 Å². The maximum Gasteiger partial charge on any atom is 0.260 e. The van der Waals surface area contributed by atoms with E-state index in [0.29, 0.717) is 29.4 Å². The summed E-state index contributed by atoms with van der Waals surface area (Å²) < 4.78 is 5.46. The molecule has 164 valence electrons. The summed E-state index contributed by atoms with van der Waals surface area (Å²) in [4.78, 5) is 38.4. The van der Waals surface area contributed by atoms with E-state index in [1.54, 1.807) is 6.26 Å². The number of likely N-dealkylation sites (tertiary alicyclic amines) is 2. The smallest absolute Gasteiger partial charge is 0.260 e. The van der Waals surface area contributed by atoms with Gasteiger partial charge in [-0.2, -0.15) is 0 Å². The molecule has 0 unspecified atom stereocenters. The summed E-state index contributed by atoms with van der Waals surface area (Å²) in [5.74, 6) is 1.85. The van der Waals surface area contributed by atoms with Crippen molar-refractivity contribution in [3.05, 3.63) is 40.0 Å². The van der Waals surface area contributed by atoms with Gasteiger partial charge < -0.3 is 14.3 Å². The Hall–Kier alpha value is -2.45. The van der Waals surface area contributed by atoms with Crippen LogP contribution in [0.2, 0.25) is 0 Å². The van der Waals surface area contributed by atoms with Gasteiger partial charge in [-0.3, -0.25) is 14.5 Å². The van der Waals surface area contributed by atoms with Gasteiger partial charge in [0.1, 0.15) is 16.4 Å². The number of hydrogen-bond donors (Lipinski definition) is 1. The first kappa shape index (κ1) is 20.5. The molecule has 8 heteroatoms. The standard InChI is InChI=1S/C23H28N4O3S/c28-21-20-17(18-6-5-13-30-18)15-31-22(20)25-19(24-21)14-26-11-7-16(8-12-26)23(29)27-9-3-1-2-4-10-27/h5-6,13,15-16H,1-4,7-12,14H2,(H,24,25,28). The highest BCUT2D eigenvalue weighted by molar-refractivity contribution is 7.17. The van der Waals surface area contributed by atoms with Gasteiger partial charge >= 0.3 is 0 Å². The van der Waals surface area contributed by atoms with Crippen LogP contribution in [0.25, 0.3) is 21.5 Å². The average Bonchev–Trinajstić information content (AvgIpc) is 3.37. The normalized spacial score (nSPS) is 19.0. The summed E-state index contributed by atoms with van der Waals surface area (Å²) in [6.45, 7) is 4.15. The number of furan rings is 1. The Kier molecular flexibility index (Phi) is 5.91. The zero-order valence-corrected chi connectivity index (χ0v) is 18.5. The zero-order chi connectivity index (χ0) is 21.2. The van der Waals surface area contributed by atoms with E-state index in [0.717, 1.165) is 62.3 Å². The first-order chi connectivity index (χ1) is 15.2. The first-order valence-electron chi connectivity index (χ1n) is 11.2. The fraction of sp³-hybridized carbons (Fsp3) is 0.522. The highest BCUT2D eigenvalue weighted by Crippen LogP contribution is 2.31. The molecule has 0 aliphatic carbocycles. The maximum atomic E-state index is 12.9. The molecule has 0 spiro atoms. The van der Waals surface area contributed by atoms with E-state index in [9.17, 15) is 9.59 Å². The lowest BCUT2D eigenvalue weighted by Crippen LogP contribution is -2.43. The summed E-state index contributed by atoms with van der Waals surface area (Å²) >= 11 is 1.46. The van der Waals surface area contributed by atoms with Crippen molar-refractivity contribution in [1.82, 2.24) is 19.8 Å². The maximum absolute atomic E-state index is 12.9. The summed E-state index contributed by atoms with van der Waals surface area (Å²) in [5.41, 5.74) is 0.664. The minimum Gasteiger partial charge on any atom is -0.464 e. The summed E-state index contributed by atoms with van der Waals surface area (Å²) in [5, 5.41) is 2.51. The third-order valence-corrected chi connectivity index (χ3v) is 7.38. The molecule has 0 radical (unpaired) electrons. The predicted molar refractivity (Wildman–Crippen MR) is 121 cm³/mol. The topological polar surface area (TPSA) is 82.4 Å². The van der Waals surface area contributed by atoms with E-state index in [-0.39, 0.29) is 11.5 Å². The highest BCUT2D eigenvalue weighted by Gasteiger charge is 2.29. The van der Waals surface area contributed by atoms with Crippen LogP contribution >= 0.6 is 11.3 Å². The Morgan fingerprint density at radius 1 is 1.16 bits per heavy atom. The van der Waals surface area contributed by atoms with Gasteiger partial charge in [0, 0.05) is 30.0 Å². The number of carbonyl (C=O) groups is 1. The van der Waals surface area contributed by atoms with Crippen LogP contribution in [0.3, 0.4) is 0 Å². The molecule has 5 heterocycles. The van der Waals surface area contributed by atoms with Crippen LogP contribution in [-0.2, 0) is 11.3 Å². The summed E-state index contributed by atoms with van der Waals surface area (Å²) in [7, 11) is 0. The monoisotopic (exact) mass is 440 g/mol. The molecule has 7 nitrogen and oxygen atoms in total. The van der Waals surface area contributed by atoms with Crippen molar-refractivity contribution in [2.75, 3.05) is 26.2 Å². The molecule has 2 fully saturated rings. The number of carbonyl (C=O) groups excluding carboxylic acids is 1. The fourth-order valence-electron chi connectivity index (χ4n) is 4.78. The lowest BCUT2D eigenvalue weighted by molar-refractivity contribution is -0.137. The molecular formula is C23H28N4O3S. The quantitative estimate of drug-likeness (QED) is 0.666. The molecule has 1 amide bonds. The number of fused-ring (bicyclic) bond motifs is 1. The summed E-state index contributed by atoms with van der Waals surface area (Å²) in [6, 6.07) is 3.67. The van der Waals surface area contributed by atoms with Gasteiger partial charge in [-0.15, -0.1) is 11.3 Å². The second-order valence-corrected chi connectivity index (χ2v) is 9.47. The molecule has 2 saturated heterocycles. The SMILES string of the molecule is O=C(C1CCN(Cc2nc3scc(-c4ccco4)c3c(=O)[nH]2)CC1)N1CCCCCC1. The lowest BCUT2D eigenvalue weighted by Gasteiger charge is -2.33. The first-order valence-corrected chi connectivity index (χ1v) is 12.1. The number of hydrogen-bond acceptors (Lipinski definition) is 6. The highest BCUT2D eigenvalue weighted by atomic mass is 32.1. The van der Waals surface area contributed by atoms with Crippen LogP contribution in [0.5, 0.6) is 0 Å². The van der Waals surface area contributed by atoms with Crippen LogP contribution in [0, 0.1) is 5.92 Å². The van der Waals surface area contributed by atoms with E-state index in [1.165, 1.54) is 24.2 Å². The van der Waals surface area contributed by atoms with Gasteiger partial charge in [0.15, 0.2) is 0 Å². The molecule has 3 aromatic rings. The van der Waals surface area contributed by atoms with Crippen LogP contribution in [0.1, 0.15) is 44.3 Å². The third kappa shape index (κ3) is 4.32. The van der Waals surface area contributed by atoms with Crippen molar-refractivity contribution >= 4 is 27.5 Å². The van der Waals surface area contributed by atoms with Crippen molar-refractivity contribution in [3.63, 3.8) is 0 Å². The van der Waals surface area contributed by atoms with E-state index in [2.05, 4.69) is 14.8 Å². The Balaban J connectivity index is 1.23. The van der Waals surface area contributed by atoms with Crippen molar-refractivity contribution in [1.29, 1.82) is 0 Å². The molecule has 1 N–H and O–H groups in total. The number of aromatic nitrogens is 2. The van der Waals surface area contributed by atoms with E-state index in [1.807, 2.05) is 17.5 Å². The van der Waals surface area contributed by atoms with E-state index >= 15 is 0 Å². The Morgan fingerprint density at radius 3 is 2.65 bits per heavy atom. The van der Waals surface area contributed by atoms with E-state index < -0.39 is 0 Å². The third-order valence-electron chi connectivity index (χ3n) is 6.51. The van der Waals surface area contributed by atoms with Gasteiger partial charge in [-0.1, -0.05) is 12.8 Å². The van der Waals surface area contributed by atoms with Crippen molar-refractivity contribution < 1.29 is 9.21 Å². The Labute approximate surface area is 185 Å². The molecule has 31 heavy (non-hydrogen) atoms. The fourth-order valence-corrected chi connectivity index (χ4v) is 5.73. The molecule has 0 bridgehead atoms. The van der Waals surface area contributed by atoms with Crippen LogP contribution in [0.15, 0.2) is 33.0 Å². The van der Waals surface area contributed by atoms with E-state index in [4.69, 9.17) is 9.40 Å². The number of piperidine rings is 1. The number of nitrogens with zero attached hydrogens (tertiary/aromatic N) is 3. The average molecular weight is 441 g/mol. The molecular weight excluding hydrogens is 412 g/mol. The minimum absolute atomic E-state index is 0.126. The Morgan fingerprint density at radius 2 is 1.94 bits per heavy atom. The predicted octanol–water partition coefficient (Wildman–Crippen LogP) is 3.86. The molecule has 0 saturated carbocycles. The van der Waals surface area contributed by atoms with Crippen LogP contribution < -0.4 is 5.56 Å².